The van der Waals surface area contributed by atoms with Gasteiger partial charge in [-0.15, -0.1) is 0 Å². The van der Waals surface area contributed by atoms with Crippen LogP contribution in [0.5, 0.6) is 5.75 Å². The first-order valence-electron chi connectivity index (χ1n) is 8.60. The van der Waals surface area contributed by atoms with Gasteiger partial charge in [0.15, 0.2) is 6.61 Å². The number of nitrogens with one attached hydrogen (secondary N) is 3. The highest BCUT2D eigenvalue weighted by Gasteiger charge is 2.02. The number of likely N-dealkylation sites (N-methyl/N-ethyl adjacent to an activating group) is 1. The predicted molar refractivity (Wildman–Crippen MR) is 98.8 cm³/mol. The summed E-state index contributed by atoms with van der Waals surface area (Å²) in [5.41, 5.74) is 3.51. The Morgan fingerprint density at radius 3 is 2.56 bits per heavy atom. The molecule has 0 radical (unpaired) electrons. The molecule has 0 aliphatic rings. The van der Waals surface area contributed by atoms with E-state index in [2.05, 4.69) is 28.1 Å². The van der Waals surface area contributed by atoms with Gasteiger partial charge in [0.05, 0.1) is 0 Å². The third-order valence-electron chi connectivity index (χ3n) is 3.51. The van der Waals surface area contributed by atoms with Gasteiger partial charge in [-0.25, -0.2) is 10.2 Å². The van der Waals surface area contributed by atoms with E-state index in [4.69, 9.17) is 4.74 Å². The van der Waals surface area contributed by atoms with E-state index in [-0.39, 0.29) is 18.5 Å². The maximum absolute atomic E-state index is 11.6. The summed E-state index contributed by atoms with van der Waals surface area (Å²) in [5.74, 6) is 0.840. The summed E-state index contributed by atoms with van der Waals surface area (Å²) >= 11 is 0. The van der Waals surface area contributed by atoms with Gasteiger partial charge in [0.25, 0.3) is 5.91 Å². The van der Waals surface area contributed by atoms with Crippen LogP contribution in [0.4, 0.5) is 4.79 Å². The minimum atomic E-state index is -0.318. The van der Waals surface area contributed by atoms with Crippen molar-refractivity contribution in [3.05, 3.63) is 29.8 Å². The number of ether oxygens (including phenoxy) is 1. The summed E-state index contributed by atoms with van der Waals surface area (Å²) in [7, 11) is 0. The van der Waals surface area contributed by atoms with Gasteiger partial charge >= 0.3 is 6.03 Å². The Bertz CT molecular complexity index is 558. The monoisotopic (exact) mass is 348 g/mol. The third kappa shape index (κ3) is 9.34. The van der Waals surface area contributed by atoms with Crippen LogP contribution in [0.3, 0.4) is 0 Å². The van der Waals surface area contributed by atoms with Crippen molar-refractivity contribution in [3.63, 3.8) is 0 Å². The Hall–Kier alpha value is -2.57. The van der Waals surface area contributed by atoms with Crippen LogP contribution in [0, 0.1) is 5.92 Å². The lowest BCUT2D eigenvalue weighted by atomic mass is 10.1. The van der Waals surface area contributed by atoms with Gasteiger partial charge in [-0.3, -0.25) is 4.79 Å². The molecular weight excluding hydrogens is 320 g/mol. The first-order chi connectivity index (χ1) is 12.0. The van der Waals surface area contributed by atoms with E-state index in [9.17, 15) is 9.59 Å². The number of nitrogens with zero attached hydrogens (tertiary/aromatic N) is 1. The molecule has 3 N–H and O–H groups in total. The minimum absolute atomic E-state index is 0.00603. The van der Waals surface area contributed by atoms with E-state index in [1.54, 1.807) is 6.21 Å². The van der Waals surface area contributed by atoms with Gasteiger partial charge in [-0.05, 0) is 43.4 Å². The lowest BCUT2D eigenvalue weighted by molar-refractivity contribution is -0.122. The number of hydrogen-bond donors (Lipinski definition) is 3. The van der Waals surface area contributed by atoms with Crippen molar-refractivity contribution < 1.29 is 14.3 Å². The predicted octanol–water partition coefficient (Wildman–Crippen LogP) is 2.08. The SMILES string of the molecule is CCNC(=O)COc1ccc(CCNC(=O)N/N=C\C(C)CC)cc1. The fourth-order valence-corrected chi connectivity index (χ4v) is 1.84. The molecule has 0 fully saturated rings. The van der Waals surface area contributed by atoms with Gasteiger partial charge in [-0.2, -0.15) is 5.10 Å². The summed E-state index contributed by atoms with van der Waals surface area (Å²) < 4.78 is 5.38. The average molecular weight is 348 g/mol. The van der Waals surface area contributed by atoms with Crippen molar-refractivity contribution in [2.24, 2.45) is 11.0 Å². The second-order valence-electron chi connectivity index (χ2n) is 5.67. The standard InChI is InChI=1S/C18H28N4O3/c1-4-14(3)12-21-22-18(24)20-11-10-15-6-8-16(9-7-15)25-13-17(23)19-5-2/h6-9,12,14H,4-5,10-11,13H2,1-3H3,(H,19,23)(H2,20,22,24)/b21-12-. The first kappa shape index (κ1) is 20.5. The van der Waals surface area contributed by atoms with E-state index in [0.29, 0.717) is 31.2 Å². The van der Waals surface area contributed by atoms with Crippen LogP contribution < -0.4 is 20.8 Å². The Morgan fingerprint density at radius 2 is 1.92 bits per heavy atom. The van der Waals surface area contributed by atoms with Crippen molar-refractivity contribution in [1.29, 1.82) is 0 Å². The van der Waals surface area contributed by atoms with Crippen LogP contribution in [-0.4, -0.2) is 37.8 Å². The number of amides is 3. The molecule has 0 aliphatic carbocycles. The van der Waals surface area contributed by atoms with Gasteiger partial charge in [-0.1, -0.05) is 26.0 Å². The van der Waals surface area contributed by atoms with Gasteiger partial charge in [0.1, 0.15) is 5.75 Å². The summed E-state index contributed by atoms with van der Waals surface area (Å²) in [6.07, 6.45) is 3.40. The molecule has 1 aromatic rings. The molecule has 3 amide bonds. The number of hydrogen-bond acceptors (Lipinski definition) is 4. The molecule has 0 heterocycles. The molecule has 0 bridgehead atoms. The number of rotatable bonds is 10. The van der Waals surface area contributed by atoms with Crippen LogP contribution in [0.25, 0.3) is 0 Å². The van der Waals surface area contributed by atoms with Crippen molar-refractivity contribution in [2.45, 2.75) is 33.6 Å². The Balaban J connectivity index is 2.26. The third-order valence-corrected chi connectivity index (χ3v) is 3.51. The smallest absolute Gasteiger partial charge is 0.335 e. The molecule has 1 atom stereocenters. The molecule has 0 saturated carbocycles. The largest absolute Gasteiger partial charge is 0.484 e. The van der Waals surface area contributed by atoms with Crippen molar-refractivity contribution in [2.75, 3.05) is 19.7 Å². The number of benzene rings is 1. The van der Waals surface area contributed by atoms with E-state index in [1.807, 2.05) is 38.1 Å². The molecular formula is C18H28N4O3. The Morgan fingerprint density at radius 1 is 1.20 bits per heavy atom. The lowest BCUT2D eigenvalue weighted by Gasteiger charge is -2.08. The lowest BCUT2D eigenvalue weighted by Crippen LogP contribution is -2.33. The normalized spacial score (nSPS) is 11.8. The molecule has 0 aliphatic heterocycles. The average Bonchev–Trinajstić information content (AvgIpc) is 2.61. The van der Waals surface area contributed by atoms with Crippen LogP contribution in [0.2, 0.25) is 0 Å². The number of urea groups is 1. The molecule has 7 heteroatoms. The highest BCUT2D eigenvalue weighted by atomic mass is 16.5. The maximum atomic E-state index is 11.6. The van der Waals surface area contributed by atoms with Crippen LogP contribution in [0.15, 0.2) is 29.4 Å². The van der Waals surface area contributed by atoms with Crippen LogP contribution in [-0.2, 0) is 11.2 Å². The van der Waals surface area contributed by atoms with E-state index in [1.165, 1.54) is 0 Å². The first-order valence-corrected chi connectivity index (χ1v) is 8.60. The second-order valence-corrected chi connectivity index (χ2v) is 5.67. The number of carbonyl (C=O) groups is 2. The molecule has 1 rings (SSSR count). The van der Waals surface area contributed by atoms with E-state index in [0.717, 1.165) is 12.0 Å². The maximum Gasteiger partial charge on any atom is 0.335 e. The van der Waals surface area contributed by atoms with Crippen molar-refractivity contribution >= 4 is 18.2 Å². The zero-order valence-electron chi connectivity index (χ0n) is 15.2. The summed E-state index contributed by atoms with van der Waals surface area (Å²) in [5, 5.41) is 9.30. The summed E-state index contributed by atoms with van der Waals surface area (Å²) in [6.45, 7) is 7.05. The quantitative estimate of drug-likeness (QED) is 0.446. The number of carbonyl (C=O) groups excluding carboxylic acids is 2. The minimum Gasteiger partial charge on any atom is -0.484 e. The second kappa shape index (κ2) is 11.9. The zero-order valence-corrected chi connectivity index (χ0v) is 15.2. The fourth-order valence-electron chi connectivity index (χ4n) is 1.84. The van der Waals surface area contributed by atoms with E-state index < -0.39 is 0 Å². The molecule has 1 unspecified atom stereocenters. The Labute approximate surface area is 149 Å². The Kier molecular flexibility index (Phi) is 9.74. The number of hydrazone groups is 1. The molecule has 1 aromatic carbocycles. The zero-order chi connectivity index (χ0) is 18.5. The van der Waals surface area contributed by atoms with Crippen molar-refractivity contribution in [1.82, 2.24) is 16.1 Å². The topological polar surface area (TPSA) is 91.8 Å². The summed E-state index contributed by atoms with van der Waals surface area (Å²) in [6, 6.07) is 7.12. The van der Waals surface area contributed by atoms with Crippen LogP contribution in [0.1, 0.15) is 32.8 Å². The highest BCUT2D eigenvalue weighted by molar-refractivity contribution is 5.77. The fraction of sp³-hybridized carbons (Fsp3) is 0.500. The van der Waals surface area contributed by atoms with Gasteiger partial charge < -0.3 is 15.4 Å². The molecule has 138 valence electrons. The molecule has 7 nitrogen and oxygen atoms in total. The molecule has 0 spiro atoms. The molecule has 0 saturated heterocycles. The molecule has 25 heavy (non-hydrogen) atoms. The van der Waals surface area contributed by atoms with Crippen molar-refractivity contribution in [3.8, 4) is 5.75 Å². The van der Waals surface area contributed by atoms with Gasteiger partial charge in [0, 0.05) is 19.3 Å². The van der Waals surface area contributed by atoms with Crippen LogP contribution >= 0.6 is 0 Å². The summed E-state index contributed by atoms with van der Waals surface area (Å²) in [4.78, 5) is 22.9. The highest BCUT2D eigenvalue weighted by Crippen LogP contribution is 2.12. The molecule has 0 aromatic heterocycles. The van der Waals surface area contributed by atoms with Gasteiger partial charge in [0.2, 0.25) is 0 Å². The van der Waals surface area contributed by atoms with E-state index >= 15 is 0 Å².